The summed E-state index contributed by atoms with van der Waals surface area (Å²) in [5.74, 6) is 6.89. The molecular weight excluding hydrogens is 338 g/mol. The maximum absolute atomic E-state index is 12.7. The minimum atomic E-state index is -0.338. The Balaban J connectivity index is 1.49. The average molecular weight is 351 g/mol. The second kappa shape index (κ2) is 5.30. The van der Waals surface area contributed by atoms with Crippen molar-refractivity contribution in [1.29, 1.82) is 0 Å². The zero-order valence-electron chi connectivity index (χ0n) is 13.1. The van der Waals surface area contributed by atoms with Gasteiger partial charge in [0.2, 0.25) is 11.9 Å². The van der Waals surface area contributed by atoms with Crippen LogP contribution in [-0.4, -0.2) is 17.7 Å². The van der Waals surface area contributed by atoms with Gasteiger partial charge in [-0.15, -0.1) is 0 Å². The van der Waals surface area contributed by atoms with Gasteiger partial charge in [-0.05, 0) is 41.8 Å². The van der Waals surface area contributed by atoms with Gasteiger partial charge in [-0.25, -0.2) is 15.8 Å². The number of allylic oxidation sites excluding steroid dienone is 4. The van der Waals surface area contributed by atoms with Crippen molar-refractivity contribution in [2.45, 2.75) is 6.42 Å². The summed E-state index contributed by atoms with van der Waals surface area (Å²) in [7, 11) is 0. The molecule has 124 valence electrons. The van der Waals surface area contributed by atoms with E-state index >= 15 is 0 Å². The highest BCUT2D eigenvalue weighted by atomic mass is 32.1. The van der Waals surface area contributed by atoms with Crippen molar-refractivity contribution in [2.24, 2.45) is 5.84 Å². The minimum absolute atomic E-state index is 0.164. The predicted molar refractivity (Wildman–Crippen MR) is 94.6 cm³/mol. The topological polar surface area (TPSA) is 77.7 Å². The Morgan fingerprint density at radius 3 is 3.08 bits per heavy atom. The zero-order valence-corrected chi connectivity index (χ0v) is 13.9. The Morgan fingerprint density at radius 1 is 1.28 bits per heavy atom. The number of fused-ring (bicyclic) bond motifs is 3. The number of ether oxygens (including phenoxy) is 2. The molecule has 0 bridgehead atoms. The summed E-state index contributed by atoms with van der Waals surface area (Å²) in [4.78, 5) is 17.3. The summed E-state index contributed by atoms with van der Waals surface area (Å²) in [6.07, 6.45) is 9.16. The fourth-order valence-electron chi connectivity index (χ4n) is 3.08. The molecule has 2 aromatic rings. The lowest BCUT2D eigenvalue weighted by molar-refractivity contribution is 0.0986. The maximum Gasteiger partial charge on any atom is 0.274 e. The van der Waals surface area contributed by atoms with E-state index in [1.54, 1.807) is 18.2 Å². The largest absolute Gasteiger partial charge is 0.454 e. The Morgan fingerprint density at radius 2 is 2.16 bits per heavy atom. The minimum Gasteiger partial charge on any atom is -0.454 e. The third-order valence-corrected chi connectivity index (χ3v) is 5.34. The van der Waals surface area contributed by atoms with Gasteiger partial charge in [0.15, 0.2) is 11.5 Å². The number of nitrogens with zero attached hydrogens (tertiary/aromatic N) is 2. The second-order valence-corrected chi connectivity index (χ2v) is 6.84. The van der Waals surface area contributed by atoms with Crippen LogP contribution < -0.4 is 30.2 Å². The Kier molecular flexibility index (Phi) is 3.06. The molecule has 1 aliphatic heterocycles. The number of hydrogen-bond donors (Lipinski definition) is 1. The van der Waals surface area contributed by atoms with Crippen molar-refractivity contribution in [3.63, 3.8) is 0 Å². The number of nitrogens with two attached hydrogens (primary N) is 1. The number of hydrogen-bond acceptors (Lipinski definition) is 6. The summed E-state index contributed by atoms with van der Waals surface area (Å²) >= 11 is 1.41. The molecule has 2 aliphatic carbocycles. The molecule has 1 aromatic carbocycles. The van der Waals surface area contributed by atoms with E-state index in [0.717, 1.165) is 21.3 Å². The van der Waals surface area contributed by atoms with Gasteiger partial charge in [0.05, 0.1) is 9.88 Å². The van der Waals surface area contributed by atoms with Crippen LogP contribution >= 0.6 is 11.3 Å². The molecule has 1 aromatic heterocycles. The first-order valence-electron chi connectivity index (χ1n) is 7.78. The highest BCUT2D eigenvalue weighted by Gasteiger charge is 2.23. The van der Waals surface area contributed by atoms with Crippen LogP contribution in [0.3, 0.4) is 0 Å². The van der Waals surface area contributed by atoms with E-state index < -0.39 is 0 Å². The Bertz CT molecular complexity index is 1100. The molecule has 2 heterocycles. The molecule has 25 heavy (non-hydrogen) atoms. The lowest BCUT2D eigenvalue weighted by Crippen LogP contribution is -2.37. The molecule has 3 aliphatic rings. The fourth-order valence-corrected chi connectivity index (χ4v) is 4.05. The third-order valence-electron chi connectivity index (χ3n) is 4.34. The quantitative estimate of drug-likeness (QED) is 0.500. The highest BCUT2D eigenvalue weighted by Crippen LogP contribution is 2.33. The molecule has 0 radical (unpaired) electrons. The summed E-state index contributed by atoms with van der Waals surface area (Å²) in [5, 5.41) is 2.49. The van der Waals surface area contributed by atoms with Gasteiger partial charge in [0, 0.05) is 5.56 Å². The summed E-state index contributed by atoms with van der Waals surface area (Å²) in [6.45, 7) is 0.164. The van der Waals surface area contributed by atoms with Crippen LogP contribution in [0, 0.1) is 0 Å². The standard InChI is InChI=1S/C18H13N3O3S/c19-21(17(22)11-5-6-13-14(7-11)24-9-23-13)18-20-16-12-4-2-1-3-10(12)8-15(16)25-18/h1-3,5-8H,4,9,19H2. The normalized spacial score (nSPS) is 16.2. The molecule has 1 amide bonds. The lowest BCUT2D eigenvalue weighted by Gasteiger charge is -2.13. The first kappa shape index (κ1) is 14.4. The summed E-state index contributed by atoms with van der Waals surface area (Å²) in [6, 6.07) is 5.02. The van der Waals surface area contributed by atoms with E-state index in [4.69, 9.17) is 15.3 Å². The van der Waals surface area contributed by atoms with E-state index in [0.29, 0.717) is 22.2 Å². The average Bonchev–Trinajstić information content (AvgIpc) is 3.33. The number of hydrazine groups is 1. The number of thiazole rings is 1. The first-order valence-corrected chi connectivity index (χ1v) is 8.60. The molecule has 0 fully saturated rings. The van der Waals surface area contributed by atoms with Gasteiger partial charge in [-0.1, -0.05) is 29.6 Å². The van der Waals surface area contributed by atoms with Gasteiger partial charge >= 0.3 is 0 Å². The molecule has 0 atom stereocenters. The molecule has 0 unspecified atom stereocenters. The molecule has 5 rings (SSSR count). The Labute approximate surface area is 146 Å². The molecular formula is C18H13N3O3S. The van der Waals surface area contributed by atoms with Crippen molar-refractivity contribution in [2.75, 3.05) is 11.8 Å². The Hall–Kier alpha value is -2.90. The van der Waals surface area contributed by atoms with E-state index in [2.05, 4.69) is 23.2 Å². The van der Waals surface area contributed by atoms with Crippen LogP contribution in [0.25, 0.3) is 11.6 Å². The van der Waals surface area contributed by atoms with Crippen molar-refractivity contribution in [1.82, 2.24) is 4.98 Å². The molecule has 2 N–H and O–H groups in total. The number of aromatic nitrogens is 1. The lowest BCUT2D eigenvalue weighted by atomic mass is 10.0. The highest BCUT2D eigenvalue weighted by molar-refractivity contribution is 7.13. The van der Waals surface area contributed by atoms with Crippen molar-refractivity contribution in [3.05, 3.63) is 57.4 Å². The fraction of sp³-hybridized carbons (Fsp3) is 0.111. The second-order valence-electron chi connectivity index (χ2n) is 5.83. The molecule has 0 spiro atoms. The van der Waals surface area contributed by atoms with Crippen molar-refractivity contribution in [3.8, 4) is 11.5 Å². The monoisotopic (exact) mass is 351 g/mol. The molecule has 0 saturated heterocycles. The van der Waals surface area contributed by atoms with Crippen LogP contribution in [0.2, 0.25) is 0 Å². The SMILES string of the molecule is NN(C(=O)c1ccc2c(c1)OCO2)c1nc2c(s1)=CC1=CC=CCC=21. The van der Waals surface area contributed by atoms with Crippen LogP contribution in [0.4, 0.5) is 5.13 Å². The number of carbonyl (C=O) groups is 1. The summed E-state index contributed by atoms with van der Waals surface area (Å²) in [5.41, 5.74) is 2.80. The van der Waals surface area contributed by atoms with Gasteiger partial charge in [0.25, 0.3) is 5.91 Å². The van der Waals surface area contributed by atoms with Gasteiger partial charge in [0.1, 0.15) is 0 Å². The number of amides is 1. The van der Waals surface area contributed by atoms with Crippen LogP contribution in [-0.2, 0) is 0 Å². The maximum atomic E-state index is 12.7. The van der Waals surface area contributed by atoms with Crippen molar-refractivity contribution < 1.29 is 14.3 Å². The first-order chi connectivity index (χ1) is 12.2. The predicted octanol–water partition coefficient (Wildman–Crippen LogP) is 1.22. The zero-order chi connectivity index (χ0) is 17.0. The van der Waals surface area contributed by atoms with E-state index in [9.17, 15) is 4.79 Å². The van der Waals surface area contributed by atoms with E-state index in [1.807, 2.05) is 6.08 Å². The number of rotatable bonds is 2. The van der Waals surface area contributed by atoms with Crippen LogP contribution in [0.1, 0.15) is 16.8 Å². The van der Waals surface area contributed by atoms with Gasteiger partial charge in [-0.2, -0.15) is 0 Å². The number of carbonyl (C=O) groups excluding carboxylic acids is 1. The van der Waals surface area contributed by atoms with Gasteiger partial charge < -0.3 is 9.47 Å². The number of anilines is 1. The van der Waals surface area contributed by atoms with Crippen LogP contribution in [0.15, 0.2) is 42.0 Å². The third kappa shape index (κ3) is 2.20. The summed E-state index contributed by atoms with van der Waals surface area (Å²) < 4.78 is 11.6. The molecule has 0 saturated carbocycles. The smallest absolute Gasteiger partial charge is 0.274 e. The van der Waals surface area contributed by atoms with E-state index in [1.165, 1.54) is 22.5 Å². The molecule has 6 nitrogen and oxygen atoms in total. The molecule has 7 heteroatoms. The van der Waals surface area contributed by atoms with Gasteiger partial charge in [-0.3, -0.25) is 4.79 Å². The van der Waals surface area contributed by atoms with E-state index in [-0.39, 0.29) is 12.7 Å². The van der Waals surface area contributed by atoms with Crippen LogP contribution in [0.5, 0.6) is 11.5 Å². The van der Waals surface area contributed by atoms with Crippen molar-refractivity contribution >= 4 is 34.0 Å². The number of benzene rings is 1.